The number of benzene rings is 1. The molecule has 5 N–H and O–H groups in total. The lowest BCUT2D eigenvalue weighted by Crippen LogP contribution is -2.45. The largest absolute Gasteiger partial charge is 0.478 e. The number of nitrogens with one attached hydrogen (secondary N) is 1. The standard InChI is InChI=1S/C13H18N2O5S/c14-8-5-6-9(13(17)18)12(7-8)21(19,20)15-10-3-1-2-4-11(10)16/h5-7,10-11,15-16H,1-4,14H2,(H,17,18). The summed E-state index contributed by atoms with van der Waals surface area (Å²) < 4.78 is 27.2. The zero-order valence-electron chi connectivity index (χ0n) is 11.3. The van der Waals surface area contributed by atoms with Crippen molar-refractivity contribution in [1.82, 2.24) is 4.72 Å². The predicted octanol–water partition coefficient (Wildman–Crippen LogP) is 0.549. The van der Waals surface area contributed by atoms with E-state index in [4.69, 9.17) is 10.8 Å². The molecule has 0 aliphatic heterocycles. The molecule has 2 rings (SSSR count). The maximum Gasteiger partial charge on any atom is 0.337 e. The van der Waals surface area contributed by atoms with Gasteiger partial charge in [0.25, 0.3) is 0 Å². The van der Waals surface area contributed by atoms with Crippen molar-refractivity contribution in [3.8, 4) is 0 Å². The highest BCUT2D eigenvalue weighted by Crippen LogP contribution is 2.23. The number of carboxylic acid groups (broad SMARTS) is 1. The Morgan fingerprint density at radius 1 is 1.29 bits per heavy atom. The molecule has 1 fully saturated rings. The normalized spacial score (nSPS) is 22.9. The molecule has 1 aliphatic carbocycles. The van der Waals surface area contributed by atoms with Gasteiger partial charge in [0, 0.05) is 11.7 Å². The van der Waals surface area contributed by atoms with E-state index in [1.807, 2.05) is 0 Å². The van der Waals surface area contributed by atoms with Crippen LogP contribution in [-0.2, 0) is 10.0 Å². The number of hydrogen-bond donors (Lipinski definition) is 4. The molecule has 8 heteroatoms. The highest BCUT2D eigenvalue weighted by atomic mass is 32.2. The Balaban J connectivity index is 2.35. The highest BCUT2D eigenvalue weighted by Gasteiger charge is 2.30. The van der Waals surface area contributed by atoms with Crippen molar-refractivity contribution in [2.45, 2.75) is 42.7 Å². The van der Waals surface area contributed by atoms with Crippen LogP contribution in [0.3, 0.4) is 0 Å². The number of aromatic carboxylic acids is 1. The topological polar surface area (TPSA) is 130 Å². The zero-order chi connectivity index (χ0) is 15.6. The third kappa shape index (κ3) is 3.52. The van der Waals surface area contributed by atoms with Crippen LogP contribution in [0.1, 0.15) is 36.0 Å². The Hall–Kier alpha value is -1.64. The molecule has 0 aromatic heterocycles. The molecule has 1 aliphatic rings. The molecule has 0 amide bonds. The summed E-state index contributed by atoms with van der Waals surface area (Å²) >= 11 is 0. The molecule has 1 aromatic rings. The Bertz CT molecular complexity index is 644. The van der Waals surface area contributed by atoms with E-state index in [0.29, 0.717) is 12.8 Å². The Kier molecular flexibility index (Phi) is 4.50. The number of carboxylic acids is 1. The van der Waals surface area contributed by atoms with E-state index in [1.54, 1.807) is 0 Å². The van der Waals surface area contributed by atoms with Gasteiger partial charge in [0.05, 0.1) is 16.6 Å². The first kappa shape index (κ1) is 15.7. The molecule has 0 radical (unpaired) electrons. The minimum atomic E-state index is -4.06. The number of aliphatic hydroxyl groups is 1. The van der Waals surface area contributed by atoms with Crippen LogP contribution >= 0.6 is 0 Å². The average molecular weight is 314 g/mol. The number of carbonyl (C=O) groups is 1. The quantitative estimate of drug-likeness (QED) is 0.600. The van der Waals surface area contributed by atoms with E-state index in [-0.39, 0.29) is 16.1 Å². The third-order valence-electron chi connectivity index (χ3n) is 3.56. The zero-order valence-corrected chi connectivity index (χ0v) is 12.1. The van der Waals surface area contributed by atoms with Crippen LogP contribution in [-0.4, -0.2) is 36.7 Å². The van der Waals surface area contributed by atoms with Crippen LogP contribution in [0.15, 0.2) is 23.1 Å². The van der Waals surface area contributed by atoms with E-state index in [1.165, 1.54) is 6.07 Å². The molecule has 2 atom stereocenters. The second-order valence-corrected chi connectivity index (χ2v) is 6.82. The Morgan fingerprint density at radius 3 is 2.57 bits per heavy atom. The summed E-state index contributed by atoms with van der Waals surface area (Å²) in [6, 6.07) is 2.99. The van der Waals surface area contributed by atoms with Crippen LogP contribution in [0.4, 0.5) is 5.69 Å². The second-order valence-electron chi connectivity index (χ2n) is 5.14. The van der Waals surface area contributed by atoms with E-state index >= 15 is 0 Å². The first-order valence-electron chi connectivity index (χ1n) is 6.64. The van der Waals surface area contributed by atoms with Gasteiger partial charge in [-0.05, 0) is 31.0 Å². The summed E-state index contributed by atoms with van der Waals surface area (Å²) in [5.74, 6) is -1.35. The minimum absolute atomic E-state index is 0.157. The van der Waals surface area contributed by atoms with E-state index in [2.05, 4.69) is 4.72 Å². The van der Waals surface area contributed by atoms with Crippen molar-refractivity contribution in [2.24, 2.45) is 0 Å². The molecule has 1 aromatic carbocycles. The summed E-state index contributed by atoms with van der Waals surface area (Å²) in [4.78, 5) is 10.8. The van der Waals surface area contributed by atoms with Crippen molar-refractivity contribution in [3.63, 3.8) is 0 Å². The first-order chi connectivity index (χ1) is 9.81. The van der Waals surface area contributed by atoms with Crippen molar-refractivity contribution >= 4 is 21.7 Å². The predicted molar refractivity (Wildman–Crippen MR) is 76.4 cm³/mol. The number of hydrogen-bond acceptors (Lipinski definition) is 5. The molecule has 2 unspecified atom stereocenters. The SMILES string of the molecule is Nc1ccc(C(=O)O)c(S(=O)(=O)NC2CCCCC2O)c1. The van der Waals surface area contributed by atoms with Gasteiger partial charge in [0.15, 0.2) is 0 Å². The number of nitrogen functional groups attached to an aromatic ring is 1. The van der Waals surface area contributed by atoms with Gasteiger partial charge in [0.1, 0.15) is 0 Å². The Labute approximate surface area is 122 Å². The summed E-state index contributed by atoms with van der Waals surface area (Å²) in [5.41, 5.74) is 5.36. The number of anilines is 1. The fraction of sp³-hybridized carbons (Fsp3) is 0.462. The smallest absolute Gasteiger partial charge is 0.337 e. The number of nitrogens with two attached hydrogens (primary N) is 1. The van der Waals surface area contributed by atoms with Gasteiger partial charge in [-0.15, -0.1) is 0 Å². The summed E-state index contributed by atoms with van der Waals surface area (Å²) in [5, 5.41) is 18.9. The molecular formula is C13H18N2O5S. The molecule has 1 saturated carbocycles. The third-order valence-corrected chi connectivity index (χ3v) is 5.09. The average Bonchev–Trinajstić information content (AvgIpc) is 2.41. The lowest BCUT2D eigenvalue weighted by Gasteiger charge is -2.28. The number of rotatable bonds is 4. The van der Waals surface area contributed by atoms with Gasteiger partial charge in [-0.3, -0.25) is 0 Å². The molecular weight excluding hydrogens is 296 g/mol. The van der Waals surface area contributed by atoms with Crippen LogP contribution in [0.25, 0.3) is 0 Å². The fourth-order valence-electron chi connectivity index (χ4n) is 2.45. The first-order valence-corrected chi connectivity index (χ1v) is 8.13. The lowest BCUT2D eigenvalue weighted by atomic mass is 9.93. The molecule has 0 saturated heterocycles. The van der Waals surface area contributed by atoms with E-state index in [9.17, 15) is 18.3 Å². The fourth-order valence-corrected chi connectivity index (χ4v) is 3.99. The molecule has 0 bridgehead atoms. The molecule has 116 valence electrons. The van der Waals surface area contributed by atoms with Gasteiger partial charge >= 0.3 is 5.97 Å². The minimum Gasteiger partial charge on any atom is -0.478 e. The second kappa shape index (κ2) is 6.00. The maximum atomic E-state index is 12.4. The van der Waals surface area contributed by atoms with Gasteiger partial charge in [-0.25, -0.2) is 17.9 Å². The van der Waals surface area contributed by atoms with Crippen molar-refractivity contribution < 1.29 is 23.4 Å². The van der Waals surface area contributed by atoms with Gasteiger partial charge in [-0.2, -0.15) is 0 Å². The molecule has 0 heterocycles. The monoisotopic (exact) mass is 314 g/mol. The van der Waals surface area contributed by atoms with Crippen LogP contribution in [0.2, 0.25) is 0 Å². The summed E-state index contributed by atoms with van der Waals surface area (Å²) in [6.45, 7) is 0. The van der Waals surface area contributed by atoms with Crippen molar-refractivity contribution in [3.05, 3.63) is 23.8 Å². The van der Waals surface area contributed by atoms with Crippen molar-refractivity contribution in [1.29, 1.82) is 0 Å². The molecule has 0 spiro atoms. The lowest BCUT2D eigenvalue weighted by molar-refractivity contribution is 0.0692. The number of sulfonamides is 1. The van der Waals surface area contributed by atoms with Crippen LogP contribution in [0, 0.1) is 0 Å². The molecule has 21 heavy (non-hydrogen) atoms. The maximum absolute atomic E-state index is 12.4. The van der Waals surface area contributed by atoms with E-state index < -0.39 is 28.1 Å². The summed E-state index contributed by atoms with van der Waals surface area (Å²) in [6.07, 6.45) is 1.94. The van der Waals surface area contributed by atoms with Gasteiger partial charge < -0.3 is 15.9 Å². The summed E-state index contributed by atoms with van der Waals surface area (Å²) in [7, 11) is -4.06. The Morgan fingerprint density at radius 2 is 1.95 bits per heavy atom. The highest BCUT2D eigenvalue weighted by molar-refractivity contribution is 7.89. The van der Waals surface area contributed by atoms with Crippen LogP contribution in [0.5, 0.6) is 0 Å². The van der Waals surface area contributed by atoms with Crippen LogP contribution < -0.4 is 10.5 Å². The molecule has 7 nitrogen and oxygen atoms in total. The van der Waals surface area contributed by atoms with Gasteiger partial charge in [-0.1, -0.05) is 12.8 Å². The number of aliphatic hydroxyl groups excluding tert-OH is 1. The van der Waals surface area contributed by atoms with Gasteiger partial charge in [0.2, 0.25) is 10.0 Å². The van der Waals surface area contributed by atoms with E-state index in [0.717, 1.165) is 25.0 Å². The van der Waals surface area contributed by atoms with Crippen molar-refractivity contribution in [2.75, 3.05) is 5.73 Å².